The van der Waals surface area contributed by atoms with Gasteiger partial charge in [0.2, 0.25) is 0 Å². The molecule has 0 aromatic heterocycles. The highest BCUT2D eigenvalue weighted by Gasteiger charge is 2.39. The third-order valence-corrected chi connectivity index (χ3v) is 8.24. The molecule has 1 atom stereocenters. The van der Waals surface area contributed by atoms with Crippen LogP contribution in [0, 0.1) is 5.92 Å². The van der Waals surface area contributed by atoms with E-state index in [1.165, 1.54) is 0 Å². The number of nitrogens with two attached hydrogens (primary N) is 2. The molecule has 0 spiro atoms. The Balaban J connectivity index is 1.86. The molecule has 1 fully saturated rings. The van der Waals surface area contributed by atoms with Crippen LogP contribution in [0.1, 0.15) is 39.5 Å². The second kappa shape index (κ2) is 8.14. The van der Waals surface area contributed by atoms with Crippen LogP contribution in [-0.2, 0) is 9.84 Å². The molecule has 1 aliphatic heterocycles. The van der Waals surface area contributed by atoms with Crippen molar-refractivity contribution in [2.24, 2.45) is 22.4 Å². The zero-order valence-corrected chi connectivity index (χ0v) is 18.6. The molecule has 1 aromatic rings. The highest BCUT2D eigenvalue weighted by Crippen LogP contribution is 2.34. The molecule has 2 aliphatic rings. The molecule has 1 unspecified atom stereocenters. The zero-order valence-electron chi connectivity index (χ0n) is 16.2. The highest BCUT2D eigenvalue weighted by molar-refractivity contribution is 9.12. The first-order valence-electron chi connectivity index (χ1n) is 9.51. The minimum atomic E-state index is -3.44. The molecule has 7 nitrogen and oxygen atoms in total. The van der Waals surface area contributed by atoms with Gasteiger partial charge in [0.15, 0.2) is 15.6 Å². The number of rotatable bonds is 5. The molecule has 0 radical (unpaired) electrons. The van der Waals surface area contributed by atoms with E-state index < -0.39 is 20.9 Å². The number of hydrogen-bond donors (Lipinski definition) is 4. The van der Waals surface area contributed by atoms with Crippen LogP contribution in [0.25, 0.3) is 0 Å². The number of anilines is 1. The molecule has 28 heavy (non-hydrogen) atoms. The van der Waals surface area contributed by atoms with Gasteiger partial charge in [-0.15, -0.1) is 0 Å². The maximum Gasteiger partial charge on any atom is 0.186 e. The van der Waals surface area contributed by atoms with Gasteiger partial charge >= 0.3 is 0 Å². The van der Waals surface area contributed by atoms with Crippen molar-refractivity contribution < 1.29 is 8.42 Å². The number of nitrogens with one attached hydrogen (secondary N) is 2. The molecule has 3 rings (SSSR count). The lowest BCUT2D eigenvalue weighted by atomic mass is 9.82. The fourth-order valence-corrected chi connectivity index (χ4v) is 5.09. The summed E-state index contributed by atoms with van der Waals surface area (Å²) in [6, 6.07) is 7.10. The molecule has 1 saturated carbocycles. The van der Waals surface area contributed by atoms with Crippen LogP contribution in [0.4, 0.5) is 5.69 Å². The Morgan fingerprint density at radius 3 is 2.54 bits per heavy atom. The molecule has 1 aliphatic carbocycles. The summed E-state index contributed by atoms with van der Waals surface area (Å²) in [6.07, 6.45) is 5.30. The summed E-state index contributed by atoms with van der Waals surface area (Å²) in [5.74, 6) is -0.208. The number of halogens is 1. The Morgan fingerprint density at radius 1 is 1.25 bits per heavy atom. The number of allylic oxidation sites excluding steroid dienone is 1. The minimum absolute atomic E-state index is 0.149. The summed E-state index contributed by atoms with van der Waals surface area (Å²) in [5.41, 5.74) is 13.1. The van der Waals surface area contributed by atoms with Gasteiger partial charge in [-0.05, 0) is 67.6 Å². The summed E-state index contributed by atoms with van der Waals surface area (Å²) < 4.78 is 26.1. The van der Waals surface area contributed by atoms with Gasteiger partial charge in [-0.25, -0.2) is 13.4 Å². The molecule has 9 heteroatoms. The molecule has 154 valence electrons. The van der Waals surface area contributed by atoms with Crippen molar-refractivity contribution in [1.82, 2.24) is 5.32 Å². The predicted molar refractivity (Wildman–Crippen MR) is 117 cm³/mol. The predicted octanol–water partition coefficient (Wildman–Crippen LogP) is 2.65. The Kier molecular flexibility index (Phi) is 6.19. The third kappa shape index (κ3) is 4.27. The van der Waals surface area contributed by atoms with Crippen molar-refractivity contribution in [2.45, 2.75) is 61.5 Å². The van der Waals surface area contributed by atoms with E-state index in [0.29, 0.717) is 16.0 Å². The Labute approximate surface area is 175 Å². The largest absolute Gasteiger partial charge is 0.340 e. The quantitative estimate of drug-likeness (QED) is 0.525. The maximum absolute atomic E-state index is 12.7. The molecule has 6 N–H and O–H groups in total. The summed E-state index contributed by atoms with van der Waals surface area (Å²) in [7, 11) is -3.44. The van der Waals surface area contributed by atoms with Gasteiger partial charge in [-0.2, -0.15) is 0 Å². The van der Waals surface area contributed by atoms with Gasteiger partial charge in [-0.1, -0.05) is 12.1 Å². The lowest BCUT2D eigenvalue weighted by Crippen LogP contribution is -2.60. The van der Waals surface area contributed by atoms with Crippen molar-refractivity contribution in [3.8, 4) is 0 Å². The average molecular weight is 470 g/mol. The van der Waals surface area contributed by atoms with E-state index in [4.69, 9.17) is 11.5 Å². The number of hydrogen-bond acceptors (Lipinski definition) is 7. The smallest absolute Gasteiger partial charge is 0.186 e. The van der Waals surface area contributed by atoms with Crippen LogP contribution in [0.2, 0.25) is 0 Å². The normalized spacial score (nSPS) is 28.4. The van der Waals surface area contributed by atoms with E-state index in [2.05, 4.69) is 31.6 Å². The van der Waals surface area contributed by atoms with Gasteiger partial charge in [-0.3, -0.25) is 5.73 Å². The van der Waals surface area contributed by atoms with E-state index >= 15 is 0 Å². The van der Waals surface area contributed by atoms with Crippen molar-refractivity contribution >= 4 is 37.7 Å². The van der Waals surface area contributed by atoms with E-state index in [-0.39, 0.29) is 16.9 Å². The molecule has 1 aromatic carbocycles. The van der Waals surface area contributed by atoms with E-state index in [1.807, 2.05) is 0 Å². The van der Waals surface area contributed by atoms with Crippen molar-refractivity contribution in [3.63, 3.8) is 0 Å². The monoisotopic (exact) mass is 469 g/mol. The number of nitrogens with zero attached hydrogens (tertiary/aromatic N) is 1. The van der Waals surface area contributed by atoms with Crippen LogP contribution >= 0.6 is 15.9 Å². The first kappa shape index (κ1) is 21.3. The van der Waals surface area contributed by atoms with Gasteiger partial charge in [0.1, 0.15) is 5.82 Å². The topological polar surface area (TPSA) is 123 Å². The molecule has 0 bridgehead atoms. The number of para-hydroxylation sites is 1. The average Bonchev–Trinajstić information content (AvgIpc) is 2.65. The van der Waals surface area contributed by atoms with Crippen LogP contribution in [0.3, 0.4) is 0 Å². The van der Waals surface area contributed by atoms with Gasteiger partial charge < -0.3 is 16.4 Å². The van der Waals surface area contributed by atoms with Crippen molar-refractivity contribution in [3.05, 3.63) is 34.6 Å². The SMILES string of the molecule is CC(C)S(=O)(=O)c1ccccc1NC1=C(Br)C=NC(N)(C2CCC(N)CC2)N1. The van der Waals surface area contributed by atoms with E-state index in [0.717, 1.165) is 25.7 Å². The van der Waals surface area contributed by atoms with Gasteiger partial charge in [0.25, 0.3) is 0 Å². The van der Waals surface area contributed by atoms with Crippen LogP contribution in [-0.4, -0.2) is 31.7 Å². The first-order valence-corrected chi connectivity index (χ1v) is 11.8. The molecule has 0 saturated heterocycles. The van der Waals surface area contributed by atoms with Crippen molar-refractivity contribution in [1.29, 1.82) is 0 Å². The molecule has 0 amide bonds. The van der Waals surface area contributed by atoms with Crippen LogP contribution < -0.4 is 22.1 Å². The second-order valence-corrected chi connectivity index (χ2v) is 11.1. The summed E-state index contributed by atoms with van der Waals surface area (Å²) in [4.78, 5) is 4.78. The zero-order chi connectivity index (χ0) is 20.5. The summed E-state index contributed by atoms with van der Waals surface area (Å²) in [5, 5.41) is 5.98. The molecular weight excluding hydrogens is 442 g/mol. The number of sulfone groups is 1. The minimum Gasteiger partial charge on any atom is -0.340 e. The number of aliphatic imine (C=N–C) groups is 1. The summed E-state index contributed by atoms with van der Waals surface area (Å²) in [6.45, 7) is 3.34. The second-order valence-electron chi connectivity index (χ2n) is 7.76. The molecular formula is C19H28BrN5O2S. The maximum atomic E-state index is 12.7. The first-order chi connectivity index (χ1) is 13.1. The Bertz CT molecular complexity index is 891. The molecule has 1 heterocycles. The van der Waals surface area contributed by atoms with E-state index in [1.54, 1.807) is 44.3 Å². The highest BCUT2D eigenvalue weighted by atomic mass is 79.9. The number of benzene rings is 1. The fourth-order valence-electron chi connectivity index (χ4n) is 3.58. The lowest BCUT2D eigenvalue weighted by molar-refractivity contribution is 0.176. The lowest BCUT2D eigenvalue weighted by Gasteiger charge is -2.41. The summed E-state index contributed by atoms with van der Waals surface area (Å²) >= 11 is 3.48. The van der Waals surface area contributed by atoms with E-state index in [9.17, 15) is 8.42 Å². The van der Waals surface area contributed by atoms with Crippen LogP contribution in [0.15, 0.2) is 44.5 Å². The van der Waals surface area contributed by atoms with Gasteiger partial charge in [0, 0.05) is 18.2 Å². The van der Waals surface area contributed by atoms with Crippen LogP contribution in [0.5, 0.6) is 0 Å². The third-order valence-electron chi connectivity index (χ3n) is 5.42. The Hall–Kier alpha value is -1.42. The standard InChI is InChI=1S/C19H28BrN5O2S/c1-12(2)28(26,27)17-6-4-3-5-16(17)24-18-15(20)11-23-19(22,25-18)13-7-9-14(21)10-8-13/h3-6,11-14,24-25H,7-10,21-22H2,1-2H3. The Morgan fingerprint density at radius 2 is 1.89 bits per heavy atom. The van der Waals surface area contributed by atoms with Crippen molar-refractivity contribution in [2.75, 3.05) is 5.32 Å². The fraction of sp³-hybridized carbons (Fsp3) is 0.526. The van der Waals surface area contributed by atoms with Gasteiger partial charge in [0.05, 0.1) is 20.3 Å².